The Bertz CT molecular complexity index is 412. The minimum absolute atomic E-state index is 0.120. The van der Waals surface area contributed by atoms with Crippen LogP contribution in [0.5, 0.6) is 0 Å². The van der Waals surface area contributed by atoms with E-state index in [0.29, 0.717) is 6.54 Å². The second-order valence-electron chi connectivity index (χ2n) is 4.77. The Hall–Kier alpha value is -1.43. The Morgan fingerprint density at radius 3 is 3.00 bits per heavy atom. The first-order valence-corrected chi connectivity index (χ1v) is 5.95. The second kappa shape index (κ2) is 4.44. The summed E-state index contributed by atoms with van der Waals surface area (Å²) in [5, 5.41) is 7.33. The molecule has 17 heavy (non-hydrogen) atoms. The van der Waals surface area contributed by atoms with Crippen LogP contribution in [0.2, 0.25) is 0 Å². The fourth-order valence-electron chi connectivity index (χ4n) is 2.07. The van der Waals surface area contributed by atoms with Crippen LogP contribution in [0.1, 0.15) is 26.6 Å². The molecule has 6 heteroatoms. The summed E-state index contributed by atoms with van der Waals surface area (Å²) in [7, 11) is 0. The molecule has 1 aromatic heterocycles. The molecule has 0 atom stereocenters. The molecule has 1 amide bonds. The first-order valence-electron chi connectivity index (χ1n) is 5.95. The van der Waals surface area contributed by atoms with Gasteiger partial charge in [-0.25, -0.2) is 9.67 Å². The smallest absolute Gasteiger partial charge is 0.242 e. The van der Waals surface area contributed by atoms with Gasteiger partial charge in [-0.2, -0.15) is 5.10 Å². The molecule has 0 aliphatic carbocycles. The molecule has 2 rings (SSSR count). The van der Waals surface area contributed by atoms with Gasteiger partial charge in [0.05, 0.1) is 12.1 Å². The van der Waals surface area contributed by atoms with Gasteiger partial charge in [0.25, 0.3) is 0 Å². The molecule has 1 fully saturated rings. The maximum absolute atomic E-state index is 12.2. The minimum atomic E-state index is -0.477. The molecule has 1 aliphatic heterocycles. The van der Waals surface area contributed by atoms with Crippen molar-refractivity contribution in [3.05, 3.63) is 12.2 Å². The fourth-order valence-corrected chi connectivity index (χ4v) is 2.07. The zero-order valence-corrected chi connectivity index (χ0v) is 10.6. The van der Waals surface area contributed by atoms with Crippen molar-refractivity contribution >= 4 is 5.91 Å². The van der Waals surface area contributed by atoms with Crippen molar-refractivity contribution in [3.8, 4) is 0 Å². The Morgan fingerprint density at radius 1 is 1.53 bits per heavy atom. The van der Waals surface area contributed by atoms with E-state index in [0.717, 1.165) is 25.5 Å². The molecule has 6 nitrogen and oxygen atoms in total. The molecule has 2 heterocycles. The molecule has 94 valence electrons. The average Bonchev–Trinajstić information content (AvgIpc) is 2.72. The number of carbonyl (C=O) groups is 1. The summed E-state index contributed by atoms with van der Waals surface area (Å²) in [6, 6.07) is 0. The van der Waals surface area contributed by atoms with Gasteiger partial charge in [-0.3, -0.25) is 4.79 Å². The highest BCUT2D eigenvalue weighted by Gasteiger charge is 2.35. The second-order valence-corrected chi connectivity index (χ2v) is 4.77. The normalized spacial score (nSPS) is 19.7. The molecular formula is C11H19N5O. The summed E-state index contributed by atoms with van der Waals surface area (Å²) < 4.78 is 1.82. The maximum Gasteiger partial charge on any atom is 0.242 e. The summed E-state index contributed by atoms with van der Waals surface area (Å²) in [5.74, 6) is 0.966. The largest absolute Gasteiger partial charge is 0.332 e. The standard InChI is InChI=1S/C11H19N5O/c1-4-16-9(12-8-14-16)7-15-6-5-13-11(2,3)10(15)17/h8,13H,4-7H2,1-3H3. The Balaban J connectivity index is 2.11. The van der Waals surface area contributed by atoms with Crippen molar-refractivity contribution in [2.75, 3.05) is 13.1 Å². The molecule has 1 N–H and O–H groups in total. The fraction of sp³-hybridized carbons (Fsp3) is 0.727. The van der Waals surface area contributed by atoms with Gasteiger partial charge in [0.2, 0.25) is 5.91 Å². The van der Waals surface area contributed by atoms with Crippen molar-refractivity contribution in [1.29, 1.82) is 0 Å². The Morgan fingerprint density at radius 2 is 2.29 bits per heavy atom. The zero-order valence-electron chi connectivity index (χ0n) is 10.6. The molecule has 1 saturated heterocycles. The highest BCUT2D eigenvalue weighted by molar-refractivity contribution is 5.86. The van der Waals surface area contributed by atoms with Crippen LogP contribution in [-0.4, -0.2) is 44.2 Å². The van der Waals surface area contributed by atoms with E-state index >= 15 is 0 Å². The summed E-state index contributed by atoms with van der Waals surface area (Å²) >= 11 is 0. The quantitative estimate of drug-likeness (QED) is 0.804. The summed E-state index contributed by atoms with van der Waals surface area (Å²) in [6.07, 6.45) is 1.54. The number of hydrogen-bond acceptors (Lipinski definition) is 4. The number of aryl methyl sites for hydroxylation is 1. The number of carbonyl (C=O) groups excluding carboxylic acids is 1. The molecule has 0 aromatic carbocycles. The minimum Gasteiger partial charge on any atom is -0.332 e. The summed E-state index contributed by atoms with van der Waals surface area (Å²) in [4.78, 5) is 18.2. The van der Waals surface area contributed by atoms with Crippen LogP contribution in [-0.2, 0) is 17.9 Å². The molecule has 1 aliphatic rings. The number of nitrogens with zero attached hydrogens (tertiary/aromatic N) is 4. The molecule has 0 bridgehead atoms. The topological polar surface area (TPSA) is 63.1 Å². The lowest BCUT2D eigenvalue weighted by Gasteiger charge is -2.37. The van der Waals surface area contributed by atoms with E-state index in [4.69, 9.17) is 0 Å². The number of aromatic nitrogens is 3. The lowest BCUT2D eigenvalue weighted by atomic mass is 10.0. The zero-order chi connectivity index (χ0) is 12.5. The number of hydrogen-bond donors (Lipinski definition) is 1. The van der Waals surface area contributed by atoms with E-state index in [1.807, 2.05) is 30.4 Å². The van der Waals surface area contributed by atoms with Crippen molar-refractivity contribution < 1.29 is 4.79 Å². The van der Waals surface area contributed by atoms with Crippen LogP contribution in [0.3, 0.4) is 0 Å². The van der Waals surface area contributed by atoms with Gasteiger partial charge in [0.1, 0.15) is 12.2 Å². The van der Waals surface area contributed by atoms with Crippen molar-refractivity contribution in [2.24, 2.45) is 0 Å². The van der Waals surface area contributed by atoms with Crippen LogP contribution in [0.15, 0.2) is 6.33 Å². The van der Waals surface area contributed by atoms with Gasteiger partial charge in [-0.15, -0.1) is 0 Å². The summed E-state index contributed by atoms with van der Waals surface area (Å²) in [6.45, 7) is 8.69. The van der Waals surface area contributed by atoms with E-state index in [9.17, 15) is 4.79 Å². The summed E-state index contributed by atoms with van der Waals surface area (Å²) in [5.41, 5.74) is -0.477. The van der Waals surface area contributed by atoms with Gasteiger partial charge in [0.15, 0.2) is 0 Å². The number of piperazine rings is 1. The maximum atomic E-state index is 12.2. The van der Waals surface area contributed by atoms with Crippen LogP contribution in [0.25, 0.3) is 0 Å². The van der Waals surface area contributed by atoms with E-state index < -0.39 is 5.54 Å². The number of amides is 1. The third-order valence-electron chi connectivity index (χ3n) is 3.10. The van der Waals surface area contributed by atoms with Crippen LogP contribution in [0.4, 0.5) is 0 Å². The third kappa shape index (κ3) is 2.31. The third-order valence-corrected chi connectivity index (χ3v) is 3.10. The van der Waals surface area contributed by atoms with Gasteiger partial charge in [-0.1, -0.05) is 0 Å². The number of rotatable bonds is 3. The SMILES string of the molecule is CCn1ncnc1CN1CCNC(C)(C)C1=O. The van der Waals surface area contributed by atoms with Gasteiger partial charge >= 0.3 is 0 Å². The first kappa shape index (κ1) is 12.0. The monoisotopic (exact) mass is 237 g/mol. The van der Waals surface area contributed by atoms with E-state index in [-0.39, 0.29) is 5.91 Å². The molecule has 0 unspecified atom stereocenters. The number of nitrogens with one attached hydrogen (secondary N) is 1. The van der Waals surface area contributed by atoms with Gasteiger partial charge < -0.3 is 10.2 Å². The predicted octanol–water partition coefficient (Wildman–Crippen LogP) is 0.00840. The molecular weight excluding hydrogens is 218 g/mol. The Kier molecular flexibility index (Phi) is 3.15. The Labute approximate surface area is 101 Å². The van der Waals surface area contributed by atoms with Crippen molar-refractivity contribution in [3.63, 3.8) is 0 Å². The van der Waals surface area contributed by atoms with Crippen LogP contribution in [0, 0.1) is 0 Å². The highest BCUT2D eigenvalue weighted by Crippen LogP contribution is 2.14. The highest BCUT2D eigenvalue weighted by atomic mass is 16.2. The van der Waals surface area contributed by atoms with Crippen molar-refractivity contribution in [1.82, 2.24) is 25.0 Å². The predicted molar refractivity (Wildman–Crippen MR) is 63.2 cm³/mol. The van der Waals surface area contributed by atoms with E-state index in [1.165, 1.54) is 6.33 Å². The van der Waals surface area contributed by atoms with Gasteiger partial charge in [-0.05, 0) is 20.8 Å². The van der Waals surface area contributed by atoms with Crippen LogP contribution < -0.4 is 5.32 Å². The lowest BCUT2D eigenvalue weighted by molar-refractivity contribution is -0.140. The molecule has 0 spiro atoms. The van der Waals surface area contributed by atoms with Crippen molar-refractivity contribution in [2.45, 2.75) is 39.4 Å². The lowest BCUT2D eigenvalue weighted by Crippen LogP contribution is -2.60. The first-order chi connectivity index (χ1) is 8.04. The van der Waals surface area contributed by atoms with E-state index in [1.54, 1.807) is 0 Å². The molecule has 1 aromatic rings. The van der Waals surface area contributed by atoms with Gasteiger partial charge in [0, 0.05) is 19.6 Å². The average molecular weight is 237 g/mol. The van der Waals surface area contributed by atoms with Crippen LogP contribution >= 0.6 is 0 Å². The van der Waals surface area contributed by atoms with E-state index in [2.05, 4.69) is 15.4 Å². The molecule has 0 radical (unpaired) electrons. The molecule has 0 saturated carbocycles.